The van der Waals surface area contributed by atoms with Gasteiger partial charge >= 0.3 is 6.03 Å². The highest BCUT2D eigenvalue weighted by Gasteiger charge is 2.35. The SMILES string of the molecule is Cc1cccc(NC(=O)CN2C(=O)N/C(=C/c3ccccc3OCc3ccccc3)C2=O)c1. The summed E-state index contributed by atoms with van der Waals surface area (Å²) in [6, 6.07) is 23.6. The van der Waals surface area contributed by atoms with E-state index in [9.17, 15) is 14.4 Å². The molecule has 0 radical (unpaired) electrons. The number of hydrogen-bond acceptors (Lipinski definition) is 4. The van der Waals surface area contributed by atoms with Gasteiger partial charge in [0, 0.05) is 11.3 Å². The molecule has 0 aliphatic carbocycles. The molecular weight excluding hydrogens is 418 g/mol. The molecule has 0 spiro atoms. The van der Waals surface area contributed by atoms with Crippen LogP contribution in [-0.4, -0.2) is 29.3 Å². The smallest absolute Gasteiger partial charge is 0.329 e. The Labute approximate surface area is 191 Å². The molecular formula is C26H23N3O4. The zero-order valence-corrected chi connectivity index (χ0v) is 18.1. The van der Waals surface area contributed by atoms with Crippen LogP contribution in [0.5, 0.6) is 5.75 Å². The summed E-state index contributed by atoms with van der Waals surface area (Å²) < 4.78 is 5.92. The van der Waals surface area contributed by atoms with E-state index in [2.05, 4.69) is 10.6 Å². The maximum absolute atomic E-state index is 12.8. The topological polar surface area (TPSA) is 87.7 Å². The Hall–Kier alpha value is -4.39. The van der Waals surface area contributed by atoms with Gasteiger partial charge in [-0.1, -0.05) is 60.7 Å². The van der Waals surface area contributed by atoms with E-state index in [-0.39, 0.29) is 12.2 Å². The lowest BCUT2D eigenvalue weighted by Gasteiger charge is -2.12. The lowest BCUT2D eigenvalue weighted by Crippen LogP contribution is -2.38. The first-order chi connectivity index (χ1) is 16.0. The van der Waals surface area contributed by atoms with Crippen LogP contribution in [0.2, 0.25) is 0 Å². The fourth-order valence-electron chi connectivity index (χ4n) is 3.40. The molecule has 0 aromatic heterocycles. The first-order valence-corrected chi connectivity index (χ1v) is 10.5. The lowest BCUT2D eigenvalue weighted by atomic mass is 10.1. The summed E-state index contributed by atoms with van der Waals surface area (Å²) in [6.07, 6.45) is 1.55. The van der Waals surface area contributed by atoms with E-state index < -0.39 is 17.8 Å². The van der Waals surface area contributed by atoms with E-state index in [1.165, 1.54) is 0 Å². The van der Waals surface area contributed by atoms with Crippen LogP contribution in [0, 0.1) is 6.92 Å². The minimum absolute atomic E-state index is 0.0825. The van der Waals surface area contributed by atoms with Crippen molar-refractivity contribution in [3.8, 4) is 5.75 Å². The third-order valence-corrected chi connectivity index (χ3v) is 5.02. The van der Waals surface area contributed by atoms with Gasteiger partial charge in [-0.2, -0.15) is 0 Å². The highest BCUT2D eigenvalue weighted by molar-refractivity contribution is 6.16. The van der Waals surface area contributed by atoms with Crippen molar-refractivity contribution in [1.29, 1.82) is 0 Å². The van der Waals surface area contributed by atoms with Gasteiger partial charge in [0.25, 0.3) is 5.91 Å². The van der Waals surface area contributed by atoms with Crippen LogP contribution in [0.3, 0.4) is 0 Å². The molecule has 7 nitrogen and oxygen atoms in total. The number of hydrogen-bond donors (Lipinski definition) is 2. The molecule has 3 aromatic carbocycles. The van der Waals surface area contributed by atoms with Crippen LogP contribution in [0.1, 0.15) is 16.7 Å². The number of para-hydroxylation sites is 1. The van der Waals surface area contributed by atoms with Gasteiger partial charge in [0.15, 0.2) is 0 Å². The zero-order valence-electron chi connectivity index (χ0n) is 18.1. The molecule has 0 bridgehead atoms. The molecule has 4 amide bonds. The highest BCUT2D eigenvalue weighted by Crippen LogP contribution is 2.23. The van der Waals surface area contributed by atoms with Crippen LogP contribution in [-0.2, 0) is 16.2 Å². The third-order valence-electron chi connectivity index (χ3n) is 5.02. The van der Waals surface area contributed by atoms with Crippen LogP contribution in [0.25, 0.3) is 6.08 Å². The molecule has 33 heavy (non-hydrogen) atoms. The summed E-state index contributed by atoms with van der Waals surface area (Å²) in [6.45, 7) is 1.89. The maximum atomic E-state index is 12.8. The van der Waals surface area contributed by atoms with Gasteiger partial charge in [0.2, 0.25) is 5.91 Å². The van der Waals surface area contributed by atoms with Crippen LogP contribution in [0.4, 0.5) is 10.5 Å². The Morgan fingerprint density at radius 3 is 2.55 bits per heavy atom. The maximum Gasteiger partial charge on any atom is 0.329 e. The lowest BCUT2D eigenvalue weighted by molar-refractivity contribution is -0.127. The Balaban J connectivity index is 1.45. The van der Waals surface area contributed by atoms with E-state index in [1.807, 2.05) is 67.6 Å². The van der Waals surface area contributed by atoms with Crippen LogP contribution < -0.4 is 15.4 Å². The number of nitrogens with zero attached hydrogens (tertiary/aromatic N) is 1. The average molecular weight is 441 g/mol. The number of ether oxygens (including phenoxy) is 1. The Kier molecular flexibility index (Phi) is 6.50. The van der Waals surface area contributed by atoms with Crippen molar-refractivity contribution in [1.82, 2.24) is 10.2 Å². The second-order valence-corrected chi connectivity index (χ2v) is 7.61. The van der Waals surface area contributed by atoms with E-state index in [1.54, 1.807) is 24.3 Å². The highest BCUT2D eigenvalue weighted by atomic mass is 16.5. The molecule has 3 aromatic rings. The Morgan fingerprint density at radius 1 is 1.00 bits per heavy atom. The Morgan fingerprint density at radius 2 is 1.76 bits per heavy atom. The van der Waals surface area contributed by atoms with Crippen molar-refractivity contribution in [3.05, 3.63) is 101 Å². The number of anilines is 1. The normalized spacial score (nSPS) is 14.3. The van der Waals surface area contributed by atoms with Gasteiger partial charge in [-0.05, 0) is 42.3 Å². The van der Waals surface area contributed by atoms with E-state index in [0.717, 1.165) is 16.0 Å². The molecule has 1 heterocycles. The predicted molar refractivity (Wildman–Crippen MR) is 125 cm³/mol. The number of benzene rings is 3. The minimum atomic E-state index is -0.645. The number of imide groups is 1. The molecule has 4 rings (SSSR count). The van der Waals surface area contributed by atoms with Gasteiger partial charge in [0.1, 0.15) is 24.6 Å². The first-order valence-electron chi connectivity index (χ1n) is 10.5. The average Bonchev–Trinajstić information content (AvgIpc) is 3.06. The fourth-order valence-corrected chi connectivity index (χ4v) is 3.40. The summed E-state index contributed by atoms with van der Waals surface area (Å²) in [4.78, 5) is 38.4. The number of urea groups is 1. The monoisotopic (exact) mass is 441 g/mol. The molecule has 7 heteroatoms. The van der Waals surface area contributed by atoms with Crippen molar-refractivity contribution in [2.24, 2.45) is 0 Å². The number of carbonyl (C=O) groups is 3. The number of aryl methyl sites for hydroxylation is 1. The Bertz CT molecular complexity index is 1220. The number of rotatable bonds is 7. The van der Waals surface area contributed by atoms with Crippen molar-refractivity contribution in [2.45, 2.75) is 13.5 Å². The van der Waals surface area contributed by atoms with Gasteiger partial charge in [-0.3, -0.25) is 9.59 Å². The number of nitrogens with one attached hydrogen (secondary N) is 2. The molecule has 0 atom stereocenters. The van der Waals surface area contributed by atoms with E-state index in [0.29, 0.717) is 23.6 Å². The van der Waals surface area contributed by atoms with Gasteiger partial charge in [0.05, 0.1) is 0 Å². The summed E-state index contributed by atoms with van der Waals surface area (Å²) in [5.74, 6) is -0.458. The molecule has 166 valence electrons. The summed E-state index contributed by atoms with van der Waals surface area (Å²) >= 11 is 0. The van der Waals surface area contributed by atoms with E-state index in [4.69, 9.17) is 4.74 Å². The summed E-state index contributed by atoms with van der Waals surface area (Å²) in [7, 11) is 0. The number of carbonyl (C=O) groups excluding carboxylic acids is 3. The second-order valence-electron chi connectivity index (χ2n) is 7.61. The first kappa shape index (κ1) is 21.8. The van der Waals surface area contributed by atoms with Crippen molar-refractivity contribution < 1.29 is 19.1 Å². The van der Waals surface area contributed by atoms with Crippen LogP contribution in [0.15, 0.2) is 84.6 Å². The van der Waals surface area contributed by atoms with Gasteiger partial charge in [-0.15, -0.1) is 0 Å². The van der Waals surface area contributed by atoms with Gasteiger partial charge in [-0.25, -0.2) is 9.69 Å². The third kappa shape index (κ3) is 5.46. The molecule has 0 unspecified atom stereocenters. The van der Waals surface area contributed by atoms with Gasteiger partial charge < -0.3 is 15.4 Å². The summed E-state index contributed by atoms with van der Waals surface area (Å²) in [5.41, 5.74) is 3.33. The van der Waals surface area contributed by atoms with Crippen molar-refractivity contribution in [3.63, 3.8) is 0 Å². The largest absolute Gasteiger partial charge is 0.488 e. The molecule has 0 saturated carbocycles. The van der Waals surface area contributed by atoms with Crippen molar-refractivity contribution in [2.75, 3.05) is 11.9 Å². The molecule has 1 fully saturated rings. The fraction of sp³-hybridized carbons (Fsp3) is 0.115. The minimum Gasteiger partial charge on any atom is -0.488 e. The quantitative estimate of drug-likeness (QED) is 0.427. The second kappa shape index (κ2) is 9.82. The standard InChI is InChI=1S/C26H23N3O4/c1-18-8-7-12-21(14-18)27-24(30)16-29-25(31)22(28-26(29)32)15-20-11-5-6-13-23(20)33-17-19-9-3-2-4-10-19/h2-15H,16-17H2,1H3,(H,27,30)(H,28,32)/b22-15+. The van der Waals surface area contributed by atoms with Crippen molar-refractivity contribution >= 4 is 29.6 Å². The predicted octanol–water partition coefficient (Wildman–Crippen LogP) is 4.11. The van der Waals surface area contributed by atoms with E-state index >= 15 is 0 Å². The molecule has 1 aliphatic rings. The summed E-state index contributed by atoms with van der Waals surface area (Å²) in [5, 5.41) is 5.25. The molecule has 2 N–H and O–H groups in total. The number of amides is 4. The zero-order chi connectivity index (χ0) is 23.2. The molecule has 1 aliphatic heterocycles. The molecule has 1 saturated heterocycles. The van der Waals surface area contributed by atoms with Crippen LogP contribution >= 0.6 is 0 Å².